The van der Waals surface area contributed by atoms with Crippen LogP contribution in [0.25, 0.3) is 0 Å². The number of para-hydroxylation sites is 1. The van der Waals surface area contributed by atoms with Gasteiger partial charge in [-0.1, -0.05) is 26.0 Å². The van der Waals surface area contributed by atoms with Gasteiger partial charge in [0, 0.05) is 13.0 Å². The van der Waals surface area contributed by atoms with Crippen molar-refractivity contribution in [2.75, 3.05) is 20.3 Å². The second-order valence-corrected chi connectivity index (χ2v) is 4.22. The van der Waals surface area contributed by atoms with Crippen molar-refractivity contribution in [1.29, 1.82) is 0 Å². The molecule has 3 nitrogen and oxygen atoms in total. The molecule has 18 heavy (non-hydrogen) atoms. The minimum Gasteiger partial charge on any atom is -0.490 e. The molecule has 0 bridgehead atoms. The van der Waals surface area contributed by atoms with Crippen molar-refractivity contribution in [1.82, 2.24) is 0 Å². The fraction of sp³-hybridized carbons (Fsp3) is 0.533. The average Bonchev–Trinajstić information content (AvgIpc) is 2.41. The molecule has 0 aliphatic carbocycles. The Bertz CT molecular complexity index is 370. The van der Waals surface area contributed by atoms with E-state index in [-0.39, 0.29) is 11.7 Å². The quantitative estimate of drug-likeness (QED) is 0.524. The Morgan fingerprint density at radius 1 is 1.17 bits per heavy atom. The Morgan fingerprint density at radius 2 is 1.83 bits per heavy atom. The van der Waals surface area contributed by atoms with Crippen LogP contribution in [-0.4, -0.2) is 26.1 Å². The third-order valence-corrected chi connectivity index (χ3v) is 3.05. The molecule has 0 N–H and O–H groups in total. The fourth-order valence-electron chi connectivity index (χ4n) is 1.91. The van der Waals surface area contributed by atoms with Crippen LogP contribution < -0.4 is 4.74 Å². The molecule has 0 radical (unpaired) electrons. The van der Waals surface area contributed by atoms with Crippen molar-refractivity contribution in [2.45, 2.75) is 26.7 Å². The Labute approximate surface area is 109 Å². The van der Waals surface area contributed by atoms with E-state index in [1.807, 2.05) is 38.1 Å². The van der Waals surface area contributed by atoms with Crippen molar-refractivity contribution in [3.8, 4) is 5.75 Å². The highest BCUT2D eigenvalue weighted by atomic mass is 16.5. The van der Waals surface area contributed by atoms with E-state index in [1.54, 1.807) is 7.11 Å². The number of rotatable bonds is 8. The highest BCUT2D eigenvalue weighted by Gasteiger charge is 2.19. The smallest absolute Gasteiger partial charge is 0.169 e. The van der Waals surface area contributed by atoms with Crippen LogP contribution in [0.1, 0.15) is 37.0 Å². The second kappa shape index (κ2) is 7.88. The van der Waals surface area contributed by atoms with E-state index >= 15 is 0 Å². The summed E-state index contributed by atoms with van der Waals surface area (Å²) in [6, 6.07) is 7.43. The van der Waals surface area contributed by atoms with Gasteiger partial charge in [0.2, 0.25) is 0 Å². The van der Waals surface area contributed by atoms with Gasteiger partial charge in [0.1, 0.15) is 12.4 Å². The van der Waals surface area contributed by atoms with E-state index in [2.05, 4.69) is 0 Å². The SMILES string of the molecule is CCC(CC)C(=O)c1ccccc1OCCOC. The van der Waals surface area contributed by atoms with Gasteiger partial charge in [-0.05, 0) is 25.0 Å². The first-order valence-corrected chi connectivity index (χ1v) is 6.49. The molecule has 1 aromatic rings. The number of hydrogen-bond acceptors (Lipinski definition) is 3. The molecule has 0 aliphatic heterocycles. The van der Waals surface area contributed by atoms with Crippen molar-refractivity contribution in [3.05, 3.63) is 29.8 Å². The van der Waals surface area contributed by atoms with Gasteiger partial charge in [-0.25, -0.2) is 0 Å². The van der Waals surface area contributed by atoms with Crippen LogP contribution >= 0.6 is 0 Å². The molecule has 0 aliphatic rings. The first kappa shape index (κ1) is 14.7. The number of methoxy groups -OCH3 is 1. The predicted molar refractivity (Wildman–Crippen MR) is 72.2 cm³/mol. The third kappa shape index (κ3) is 3.84. The molecule has 0 unspecified atom stereocenters. The normalized spacial score (nSPS) is 10.7. The second-order valence-electron chi connectivity index (χ2n) is 4.22. The van der Waals surface area contributed by atoms with E-state index < -0.39 is 0 Å². The standard InChI is InChI=1S/C15H22O3/c1-4-12(5-2)15(16)13-8-6-7-9-14(13)18-11-10-17-3/h6-9,12H,4-5,10-11H2,1-3H3. The summed E-state index contributed by atoms with van der Waals surface area (Å²) in [7, 11) is 1.63. The van der Waals surface area contributed by atoms with Crippen molar-refractivity contribution in [2.24, 2.45) is 5.92 Å². The van der Waals surface area contributed by atoms with Gasteiger partial charge in [0.15, 0.2) is 5.78 Å². The predicted octanol–water partition coefficient (Wildman–Crippen LogP) is 3.33. The number of Topliss-reactive ketones (excluding diaryl/α,β-unsaturated/α-hetero) is 1. The van der Waals surface area contributed by atoms with Crippen LogP contribution in [0.3, 0.4) is 0 Å². The van der Waals surface area contributed by atoms with Crippen LogP contribution in [0.4, 0.5) is 0 Å². The van der Waals surface area contributed by atoms with Crippen molar-refractivity contribution >= 4 is 5.78 Å². The molecule has 0 aromatic heterocycles. The highest BCUT2D eigenvalue weighted by molar-refractivity contribution is 6.00. The monoisotopic (exact) mass is 250 g/mol. The maximum atomic E-state index is 12.3. The van der Waals surface area contributed by atoms with Crippen LogP contribution in [0.15, 0.2) is 24.3 Å². The molecule has 0 saturated carbocycles. The molecule has 100 valence electrons. The first-order chi connectivity index (χ1) is 8.74. The van der Waals surface area contributed by atoms with Gasteiger partial charge in [0.05, 0.1) is 12.2 Å². The Morgan fingerprint density at radius 3 is 2.44 bits per heavy atom. The maximum absolute atomic E-state index is 12.3. The summed E-state index contributed by atoms with van der Waals surface area (Å²) in [5, 5.41) is 0. The third-order valence-electron chi connectivity index (χ3n) is 3.05. The van der Waals surface area contributed by atoms with Crippen LogP contribution in [0.2, 0.25) is 0 Å². The van der Waals surface area contributed by atoms with Crippen LogP contribution in [0.5, 0.6) is 5.75 Å². The molecular weight excluding hydrogens is 228 g/mol. The summed E-state index contributed by atoms with van der Waals surface area (Å²) in [5.74, 6) is 0.914. The van der Waals surface area contributed by atoms with Gasteiger partial charge in [-0.3, -0.25) is 4.79 Å². The number of ketones is 1. The van der Waals surface area contributed by atoms with Crippen LogP contribution in [-0.2, 0) is 4.74 Å². The maximum Gasteiger partial charge on any atom is 0.169 e. The Hall–Kier alpha value is -1.35. The summed E-state index contributed by atoms with van der Waals surface area (Å²) in [5.41, 5.74) is 0.683. The summed E-state index contributed by atoms with van der Waals surface area (Å²) >= 11 is 0. The lowest BCUT2D eigenvalue weighted by Crippen LogP contribution is -2.15. The molecule has 0 heterocycles. The summed E-state index contributed by atoms with van der Waals surface area (Å²) < 4.78 is 10.5. The van der Waals surface area contributed by atoms with Gasteiger partial charge in [0.25, 0.3) is 0 Å². The Kier molecular flexibility index (Phi) is 6.44. The van der Waals surface area contributed by atoms with Gasteiger partial charge >= 0.3 is 0 Å². The molecule has 1 aromatic carbocycles. The molecule has 0 fully saturated rings. The lowest BCUT2D eigenvalue weighted by molar-refractivity contribution is 0.0906. The molecule has 0 amide bonds. The summed E-state index contributed by atoms with van der Waals surface area (Å²) in [4.78, 5) is 12.3. The van der Waals surface area contributed by atoms with Gasteiger partial charge in [-0.2, -0.15) is 0 Å². The molecular formula is C15H22O3. The highest BCUT2D eigenvalue weighted by Crippen LogP contribution is 2.24. The largest absolute Gasteiger partial charge is 0.490 e. The first-order valence-electron chi connectivity index (χ1n) is 6.49. The molecule has 0 spiro atoms. The number of ether oxygens (including phenoxy) is 2. The van der Waals surface area contributed by atoms with E-state index in [1.165, 1.54) is 0 Å². The van der Waals surface area contributed by atoms with E-state index in [9.17, 15) is 4.79 Å². The molecule has 1 rings (SSSR count). The minimum atomic E-state index is 0.0807. The molecule has 3 heteroatoms. The Balaban J connectivity index is 2.83. The zero-order chi connectivity index (χ0) is 13.4. The van der Waals surface area contributed by atoms with Gasteiger partial charge in [-0.15, -0.1) is 0 Å². The number of carbonyl (C=O) groups excluding carboxylic acids is 1. The number of carbonyl (C=O) groups is 1. The van der Waals surface area contributed by atoms with Crippen molar-refractivity contribution in [3.63, 3.8) is 0 Å². The zero-order valence-corrected chi connectivity index (χ0v) is 11.4. The number of hydrogen-bond donors (Lipinski definition) is 0. The zero-order valence-electron chi connectivity index (χ0n) is 11.4. The lowest BCUT2D eigenvalue weighted by atomic mass is 9.92. The lowest BCUT2D eigenvalue weighted by Gasteiger charge is -2.15. The van der Waals surface area contributed by atoms with Crippen molar-refractivity contribution < 1.29 is 14.3 Å². The van der Waals surface area contributed by atoms with E-state index in [4.69, 9.17) is 9.47 Å². The number of benzene rings is 1. The van der Waals surface area contributed by atoms with Crippen LogP contribution in [0, 0.1) is 5.92 Å². The van der Waals surface area contributed by atoms with Gasteiger partial charge < -0.3 is 9.47 Å². The minimum absolute atomic E-state index is 0.0807. The summed E-state index contributed by atoms with van der Waals surface area (Å²) in [6.07, 6.45) is 1.73. The topological polar surface area (TPSA) is 35.5 Å². The summed E-state index contributed by atoms with van der Waals surface area (Å²) in [6.45, 7) is 5.07. The molecule has 0 atom stereocenters. The molecule has 0 saturated heterocycles. The average molecular weight is 250 g/mol. The van der Waals surface area contributed by atoms with E-state index in [0.29, 0.717) is 24.5 Å². The fourth-order valence-corrected chi connectivity index (χ4v) is 1.91. The van der Waals surface area contributed by atoms with E-state index in [0.717, 1.165) is 12.8 Å².